The first-order valence-corrected chi connectivity index (χ1v) is 11.4. The molecule has 2 aromatic rings. The molecule has 27 heavy (non-hydrogen) atoms. The van der Waals surface area contributed by atoms with Crippen LogP contribution in [0.2, 0.25) is 0 Å². The van der Waals surface area contributed by atoms with Crippen molar-refractivity contribution >= 4 is 42.6 Å². The normalized spacial score (nSPS) is 15.6. The van der Waals surface area contributed by atoms with Crippen LogP contribution in [0.3, 0.4) is 0 Å². The first-order chi connectivity index (χ1) is 12.8. The summed E-state index contributed by atoms with van der Waals surface area (Å²) in [5.74, 6) is 0.612. The second kappa shape index (κ2) is 7.99. The molecule has 0 aliphatic carbocycles. The summed E-state index contributed by atoms with van der Waals surface area (Å²) in [5, 5.41) is 0.914. The average Bonchev–Trinajstić information content (AvgIpc) is 3.06. The Bertz CT molecular complexity index is 920. The predicted molar refractivity (Wildman–Crippen MR) is 107 cm³/mol. The first kappa shape index (κ1) is 19.8. The lowest BCUT2D eigenvalue weighted by molar-refractivity contribution is -0.131. The second-order valence-corrected chi connectivity index (χ2v) is 9.52. The summed E-state index contributed by atoms with van der Waals surface area (Å²) in [5.41, 5.74) is 0.868. The lowest BCUT2D eigenvalue weighted by atomic mass is 10.3. The highest BCUT2D eigenvalue weighted by Crippen LogP contribution is 2.34. The molecule has 1 saturated heterocycles. The number of hydrogen-bond donors (Lipinski definition) is 0. The van der Waals surface area contributed by atoms with Gasteiger partial charge in [-0.3, -0.25) is 4.79 Å². The number of anilines is 1. The van der Waals surface area contributed by atoms with E-state index in [0.29, 0.717) is 32.8 Å². The van der Waals surface area contributed by atoms with Gasteiger partial charge in [-0.05, 0) is 19.1 Å². The van der Waals surface area contributed by atoms with E-state index in [-0.39, 0.29) is 12.5 Å². The van der Waals surface area contributed by atoms with Crippen LogP contribution < -0.4 is 9.64 Å². The third-order valence-corrected chi connectivity index (χ3v) is 6.84. The summed E-state index contributed by atoms with van der Waals surface area (Å²) >= 11 is 1.61. The molecule has 0 bridgehead atoms. The Morgan fingerprint density at radius 3 is 2.63 bits per heavy atom. The van der Waals surface area contributed by atoms with Crippen molar-refractivity contribution in [3.8, 4) is 5.75 Å². The molecule has 0 unspecified atom stereocenters. The molecule has 1 amide bonds. The van der Waals surface area contributed by atoms with E-state index >= 15 is 0 Å². The summed E-state index contributed by atoms with van der Waals surface area (Å²) in [7, 11) is -1.94. The molecule has 1 aromatic heterocycles. The molecular formula is C17H24N4O4S2. The van der Waals surface area contributed by atoms with Crippen molar-refractivity contribution in [3.05, 3.63) is 18.2 Å². The number of benzene rings is 1. The number of hydrogen-bond acceptors (Lipinski definition) is 7. The average molecular weight is 413 g/mol. The van der Waals surface area contributed by atoms with Crippen molar-refractivity contribution in [3.63, 3.8) is 0 Å². The van der Waals surface area contributed by atoms with Crippen LogP contribution in [0.4, 0.5) is 5.13 Å². The van der Waals surface area contributed by atoms with E-state index in [1.54, 1.807) is 16.2 Å². The Morgan fingerprint density at radius 1 is 1.30 bits per heavy atom. The van der Waals surface area contributed by atoms with Gasteiger partial charge in [0.05, 0.1) is 24.1 Å². The van der Waals surface area contributed by atoms with Crippen molar-refractivity contribution in [2.24, 2.45) is 0 Å². The first-order valence-electron chi connectivity index (χ1n) is 8.76. The van der Waals surface area contributed by atoms with E-state index in [4.69, 9.17) is 9.72 Å². The van der Waals surface area contributed by atoms with E-state index in [9.17, 15) is 13.2 Å². The highest BCUT2D eigenvalue weighted by Gasteiger charge is 2.25. The maximum atomic E-state index is 12.3. The maximum Gasteiger partial charge on any atom is 0.238 e. The van der Waals surface area contributed by atoms with Gasteiger partial charge in [0.15, 0.2) is 5.13 Å². The number of sulfonamides is 1. The van der Waals surface area contributed by atoms with Crippen LogP contribution in [0.5, 0.6) is 5.75 Å². The highest BCUT2D eigenvalue weighted by atomic mass is 32.2. The maximum absolute atomic E-state index is 12.3. The molecule has 0 N–H and O–H groups in total. The Hall–Kier alpha value is -1.91. The lowest BCUT2D eigenvalue weighted by Gasteiger charge is -2.35. The fraction of sp³-hybridized carbons (Fsp3) is 0.529. The van der Waals surface area contributed by atoms with Gasteiger partial charge in [-0.1, -0.05) is 17.4 Å². The van der Waals surface area contributed by atoms with Crippen LogP contribution in [0, 0.1) is 0 Å². The Kier molecular flexibility index (Phi) is 5.87. The summed E-state index contributed by atoms with van der Waals surface area (Å²) in [6.07, 6.45) is 1.10. The number of thiazole rings is 1. The van der Waals surface area contributed by atoms with Gasteiger partial charge >= 0.3 is 0 Å². The molecule has 0 radical (unpaired) electrons. The third-order valence-electron chi connectivity index (χ3n) is 4.50. The highest BCUT2D eigenvalue weighted by molar-refractivity contribution is 7.88. The van der Waals surface area contributed by atoms with Crippen molar-refractivity contribution in [1.82, 2.24) is 14.2 Å². The smallest absolute Gasteiger partial charge is 0.238 e. The molecule has 1 aliphatic rings. The van der Waals surface area contributed by atoms with Crippen LogP contribution in [0.25, 0.3) is 10.2 Å². The van der Waals surface area contributed by atoms with Crippen molar-refractivity contribution in [2.75, 3.05) is 57.5 Å². The molecule has 2 heterocycles. The molecule has 148 valence electrons. The minimum Gasteiger partial charge on any atom is -0.492 e. The molecule has 1 aromatic carbocycles. The van der Waals surface area contributed by atoms with E-state index in [0.717, 1.165) is 31.7 Å². The fourth-order valence-corrected chi connectivity index (χ4v) is 4.25. The second-order valence-electron chi connectivity index (χ2n) is 6.42. The van der Waals surface area contributed by atoms with E-state index in [1.165, 1.54) is 7.05 Å². The summed E-state index contributed by atoms with van der Waals surface area (Å²) in [4.78, 5) is 20.9. The zero-order valence-corrected chi connectivity index (χ0v) is 17.3. The quantitative estimate of drug-likeness (QED) is 0.710. The number of aromatic nitrogens is 1. The molecule has 0 atom stereocenters. The van der Waals surface area contributed by atoms with Gasteiger partial charge in [-0.15, -0.1) is 0 Å². The molecule has 1 aliphatic heterocycles. The van der Waals surface area contributed by atoms with E-state index in [2.05, 4.69) is 4.90 Å². The molecular weight excluding hydrogens is 388 g/mol. The monoisotopic (exact) mass is 412 g/mol. The van der Waals surface area contributed by atoms with Crippen LogP contribution in [-0.2, 0) is 14.8 Å². The van der Waals surface area contributed by atoms with E-state index < -0.39 is 10.0 Å². The third kappa shape index (κ3) is 4.50. The van der Waals surface area contributed by atoms with Crippen LogP contribution >= 0.6 is 11.3 Å². The van der Waals surface area contributed by atoms with Gasteiger partial charge in [-0.2, -0.15) is 4.31 Å². The SMILES string of the molecule is CCOc1cccc2sc(N3CCN(C(=O)CN(C)S(C)(=O)=O)CC3)nc12. The van der Waals surface area contributed by atoms with Crippen LogP contribution in [0.1, 0.15) is 6.92 Å². The van der Waals surface area contributed by atoms with Gasteiger partial charge in [0.2, 0.25) is 15.9 Å². The van der Waals surface area contributed by atoms with E-state index in [1.807, 2.05) is 25.1 Å². The Labute approximate surface area is 163 Å². The largest absolute Gasteiger partial charge is 0.492 e. The number of likely N-dealkylation sites (N-methyl/N-ethyl adjacent to an activating group) is 1. The topological polar surface area (TPSA) is 83.0 Å². The number of nitrogens with zero attached hydrogens (tertiary/aromatic N) is 4. The lowest BCUT2D eigenvalue weighted by Crippen LogP contribution is -2.51. The molecule has 3 rings (SSSR count). The minimum atomic E-state index is -3.36. The fourth-order valence-electron chi connectivity index (χ4n) is 2.87. The molecule has 0 saturated carbocycles. The standard InChI is InChI=1S/C17H24N4O4S2/c1-4-25-13-6-5-7-14-16(13)18-17(26-14)21-10-8-20(9-11-21)15(22)12-19(2)27(3,23)24/h5-7H,4,8-12H2,1-3H3. The van der Waals surface area contributed by atoms with Crippen molar-refractivity contribution in [2.45, 2.75) is 6.92 Å². The summed E-state index contributed by atoms with van der Waals surface area (Å²) < 4.78 is 30.8. The minimum absolute atomic E-state index is 0.127. The van der Waals surface area contributed by atoms with Gasteiger partial charge in [0, 0.05) is 33.2 Å². The number of fused-ring (bicyclic) bond motifs is 1. The van der Waals surface area contributed by atoms with Crippen LogP contribution in [-0.4, -0.2) is 81.1 Å². The van der Waals surface area contributed by atoms with Gasteiger partial charge < -0.3 is 14.5 Å². The number of carbonyl (C=O) groups excluding carboxylic acids is 1. The zero-order chi connectivity index (χ0) is 19.6. The zero-order valence-electron chi connectivity index (χ0n) is 15.7. The van der Waals surface area contributed by atoms with Crippen LogP contribution in [0.15, 0.2) is 18.2 Å². The summed E-state index contributed by atoms with van der Waals surface area (Å²) in [6.45, 7) is 4.83. The molecule has 10 heteroatoms. The Morgan fingerprint density at radius 2 is 2.00 bits per heavy atom. The number of piperazine rings is 1. The van der Waals surface area contributed by atoms with Gasteiger partial charge in [-0.25, -0.2) is 13.4 Å². The van der Waals surface area contributed by atoms with Crippen molar-refractivity contribution in [1.29, 1.82) is 0 Å². The predicted octanol–water partition coefficient (Wildman–Crippen LogP) is 1.23. The molecule has 1 fully saturated rings. The molecule has 0 spiro atoms. The number of ether oxygens (including phenoxy) is 1. The Balaban J connectivity index is 1.65. The van der Waals surface area contributed by atoms with Crippen molar-refractivity contribution < 1.29 is 17.9 Å². The number of carbonyl (C=O) groups is 1. The van der Waals surface area contributed by atoms with Gasteiger partial charge in [0.1, 0.15) is 11.3 Å². The number of para-hydroxylation sites is 1. The number of amides is 1. The van der Waals surface area contributed by atoms with Gasteiger partial charge in [0.25, 0.3) is 0 Å². The molecule has 8 nitrogen and oxygen atoms in total. The summed E-state index contributed by atoms with van der Waals surface area (Å²) in [6, 6.07) is 5.91. The number of rotatable bonds is 6.